The van der Waals surface area contributed by atoms with Crippen molar-refractivity contribution >= 4 is 29.1 Å². The van der Waals surface area contributed by atoms with Crippen molar-refractivity contribution in [2.24, 2.45) is 0 Å². The highest BCUT2D eigenvalue weighted by molar-refractivity contribution is 6.46. The number of benzene rings is 2. The molecule has 162 valence electrons. The van der Waals surface area contributed by atoms with Crippen molar-refractivity contribution < 1.29 is 24.2 Å². The van der Waals surface area contributed by atoms with Gasteiger partial charge in [-0.3, -0.25) is 9.59 Å². The highest BCUT2D eigenvalue weighted by Crippen LogP contribution is 2.39. The molecule has 1 aliphatic heterocycles. The first-order chi connectivity index (χ1) is 15.0. The second-order valence-electron chi connectivity index (χ2n) is 7.01. The van der Waals surface area contributed by atoms with Crippen molar-refractivity contribution in [1.82, 2.24) is 4.90 Å². The number of methoxy groups -OCH3 is 1. The van der Waals surface area contributed by atoms with Crippen LogP contribution in [0, 0.1) is 0 Å². The summed E-state index contributed by atoms with van der Waals surface area (Å²) < 4.78 is 10.5. The number of nitrogens with zero attached hydrogens (tertiary/aromatic N) is 1. The van der Waals surface area contributed by atoms with E-state index in [9.17, 15) is 14.7 Å². The molecule has 1 amide bonds. The molecule has 2 aromatic rings. The molecule has 1 fully saturated rings. The molecule has 1 heterocycles. The largest absolute Gasteiger partial charge is 0.507 e. The molecule has 31 heavy (non-hydrogen) atoms. The number of carbonyl (C=O) groups excluding carboxylic acids is 2. The summed E-state index contributed by atoms with van der Waals surface area (Å²) in [6.07, 6.45) is 2.19. The fourth-order valence-corrected chi connectivity index (χ4v) is 3.63. The highest BCUT2D eigenvalue weighted by Gasteiger charge is 2.45. The molecule has 3 rings (SSSR count). The van der Waals surface area contributed by atoms with Crippen LogP contribution in [0.15, 0.2) is 66.8 Å². The maximum Gasteiger partial charge on any atom is 0.295 e. The van der Waals surface area contributed by atoms with Gasteiger partial charge in [0.05, 0.1) is 11.6 Å². The summed E-state index contributed by atoms with van der Waals surface area (Å²) >= 11 is 6.02. The Labute approximate surface area is 186 Å². The molecule has 2 aromatic carbocycles. The van der Waals surface area contributed by atoms with Crippen LogP contribution >= 0.6 is 11.6 Å². The summed E-state index contributed by atoms with van der Waals surface area (Å²) in [7, 11) is 1.58. The van der Waals surface area contributed by atoms with Crippen LogP contribution in [0.4, 0.5) is 0 Å². The van der Waals surface area contributed by atoms with E-state index < -0.39 is 17.7 Å². The molecule has 1 aliphatic rings. The second kappa shape index (κ2) is 10.3. The number of hydrogen-bond acceptors (Lipinski definition) is 5. The monoisotopic (exact) mass is 441 g/mol. The van der Waals surface area contributed by atoms with Gasteiger partial charge in [0.15, 0.2) is 0 Å². The van der Waals surface area contributed by atoms with Crippen molar-refractivity contribution in [2.45, 2.75) is 12.5 Å². The Kier molecular flexibility index (Phi) is 7.50. The maximum atomic E-state index is 12.9. The number of Topliss-reactive ketones (excluding diaryl/α,β-unsaturated/α-hetero) is 1. The first-order valence-electron chi connectivity index (χ1n) is 9.85. The molecule has 1 atom stereocenters. The molecular formula is C24H24ClNO5. The van der Waals surface area contributed by atoms with Crippen molar-refractivity contribution in [2.75, 3.05) is 26.9 Å². The summed E-state index contributed by atoms with van der Waals surface area (Å²) in [4.78, 5) is 27.2. The molecule has 0 bridgehead atoms. The minimum atomic E-state index is -0.721. The Morgan fingerprint density at radius 2 is 1.84 bits per heavy atom. The predicted octanol–water partition coefficient (Wildman–Crippen LogP) is 4.36. The number of likely N-dealkylation sites (tertiary alicyclic amines) is 1. The molecule has 7 heteroatoms. The second-order valence-corrected chi connectivity index (χ2v) is 7.45. The summed E-state index contributed by atoms with van der Waals surface area (Å²) in [6.45, 7) is 4.72. The smallest absolute Gasteiger partial charge is 0.295 e. The fourth-order valence-electron chi connectivity index (χ4n) is 3.50. The van der Waals surface area contributed by atoms with E-state index in [1.165, 1.54) is 4.90 Å². The van der Waals surface area contributed by atoms with Crippen molar-refractivity contribution in [1.29, 1.82) is 0 Å². The van der Waals surface area contributed by atoms with Gasteiger partial charge in [-0.15, -0.1) is 0 Å². The van der Waals surface area contributed by atoms with E-state index in [1.54, 1.807) is 61.7 Å². The van der Waals surface area contributed by atoms with Gasteiger partial charge in [-0.25, -0.2) is 0 Å². The van der Waals surface area contributed by atoms with E-state index >= 15 is 0 Å². The number of ketones is 1. The van der Waals surface area contributed by atoms with Crippen molar-refractivity contribution in [3.8, 4) is 5.75 Å². The Morgan fingerprint density at radius 1 is 1.16 bits per heavy atom. The van der Waals surface area contributed by atoms with Crippen LogP contribution in [-0.4, -0.2) is 48.6 Å². The van der Waals surface area contributed by atoms with Crippen LogP contribution < -0.4 is 4.74 Å². The lowest BCUT2D eigenvalue weighted by atomic mass is 9.95. The topological polar surface area (TPSA) is 76.1 Å². The van der Waals surface area contributed by atoms with Gasteiger partial charge in [0.2, 0.25) is 0 Å². The molecule has 0 radical (unpaired) electrons. The van der Waals surface area contributed by atoms with Crippen LogP contribution in [0.3, 0.4) is 0 Å². The normalized spacial score (nSPS) is 17.7. The van der Waals surface area contributed by atoms with Crippen LogP contribution in [0.1, 0.15) is 23.6 Å². The van der Waals surface area contributed by atoms with Gasteiger partial charge < -0.3 is 19.5 Å². The lowest BCUT2D eigenvalue weighted by Crippen LogP contribution is -2.31. The van der Waals surface area contributed by atoms with E-state index in [0.29, 0.717) is 48.1 Å². The van der Waals surface area contributed by atoms with E-state index in [2.05, 4.69) is 6.58 Å². The molecule has 1 N–H and O–H groups in total. The van der Waals surface area contributed by atoms with Crippen LogP contribution in [-0.2, 0) is 14.3 Å². The third-order valence-corrected chi connectivity index (χ3v) is 5.22. The molecule has 0 spiro atoms. The minimum Gasteiger partial charge on any atom is -0.507 e. The zero-order valence-electron chi connectivity index (χ0n) is 17.2. The third kappa shape index (κ3) is 4.98. The van der Waals surface area contributed by atoms with Crippen LogP contribution in [0.2, 0.25) is 5.02 Å². The van der Waals surface area contributed by atoms with Crippen molar-refractivity contribution in [3.05, 3.63) is 82.9 Å². The zero-order valence-corrected chi connectivity index (χ0v) is 18.0. The number of rotatable bonds is 9. The number of aliphatic hydroxyl groups is 1. The van der Waals surface area contributed by atoms with Gasteiger partial charge in [0.25, 0.3) is 11.7 Å². The van der Waals surface area contributed by atoms with Gasteiger partial charge in [0.1, 0.15) is 18.1 Å². The van der Waals surface area contributed by atoms with E-state index in [-0.39, 0.29) is 11.3 Å². The highest BCUT2D eigenvalue weighted by atomic mass is 35.5. The average molecular weight is 442 g/mol. The lowest BCUT2D eigenvalue weighted by Gasteiger charge is -2.25. The molecule has 1 saturated heterocycles. The number of aliphatic hydroxyl groups excluding tert-OH is 1. The first-order valence-corrected chi connectivity index (χ1v) is 10.2. The number of amides is 1. The third-order valence-electron chi connectivity index (χ3n) is 4.97. The lowest BCUT2D eigenvalue weighted by molar-refractivity contribution is -0.140. The van der Waals surface area contributed by atoms with Crippen LogP contribution in [0.5, 0.6) is 5.75 Å². The SMILES string of the molecule is C=CCOc1ccc(/C(O)=C2\C(=O)C(=O)N(CCCOC)C2c2ccc(Cl)cc2)cc1. The Hall–Kier alpha value is -3.09. The maximum absolute atomic E-state index is 12.9. The average Bonchev–Trinajstić information content (AvgIpc) is 3.03. The standard InChI is InChI=1S/C24H24ClNO5/c1-3-14-31-19-11-7-17(8-12-19)22(27)20-21(16-5-9-18(25)10-6-16)26(13-4-15-30-2)24(29)23(20)28/h3,5-12,21,27H,1,4,13-15H2,2H3/b22-20+. The van der Waals surface area contributed by atoms with Gasteiger partial charge >= 0.3 is 0 Å². The molecule has 6 nitrogen and oxygen atoms in total. The van der Waals surface area contributed by atoms with E-state index in [1.807, 2.05) is 0 Å². The molecule has 0 aliphatic carbocycles. The van der Waals surface area contributed by atoms with Gasteiger partial charge in [-0.2, -0.15) is 0 Å². The van der Waals surface area contributed by atoms with E-state index in [4.69, 9.17) is 21.1 Å². The summed E-state index contributed by atoms with van der Waals surface area (Å²) in [5.74, 6) is -1.00. The van der Waals surface area contributed by atoms with Crippen molar-refractivity contribution in [3.63, 3.8) is 0 Å². The number of ether oxygens (including phenoxy) is 2. The number of halogens is 1. The molecule has 0 aromatic heterocycles. The summed E-state index contributed by atoms with van der Waals surface area (Å²) in [5.41, 5.74) is 1.15. The zero-order chi connectivity index (χ0) is 22.4. The summed E-state index contributed by atoms with van der Waals surface area (Å²) in [5, 5.41) is 11.6. The van der Waals surface area contributed by atoms with Gasteiger partial charge in [-0.1, -0.05) is 36.4 Å². The van der Waals surface area contributed by atoms with E-state index in [0.717, 1.165) is 0 Å². The fraction of sp³-hybridized carbons (Fsp3) is 0.250. The van der Waals surface area contributed by atoms with Crippen LogP contribution in [0.25, 0.3) is 5.76 Å². The Bertz CT molecular complexity index is 982. The number of hydrogen-bond donors (Lipinski definition) is 1. The Morgan fingerprint density at radius 3 is 2.45 bits per heavy atom. The molecular weight excluding hydrogens is 418 g/mol. The Balaban J connectivity index is 2.03. The quantitative estimate of drug-likeness (QED) is 0.206. The van der Waals surface area contributed by atoms with Gasteiger partial charge in [-0.05, 0) is 48.4 Å². The molecule has 0 saturated carbocycles. The summed E-state index contributed by atoms with van der Waals surface area (Å²) in [6, 6.07) is 12.8. The minimum absolute atomic E-state index is 0.0458. The predicted molar refractivity (Wildman–Crippen MR) is 119 cm³/mol. The van der Waals surface area contributed by atoms with Gasteiger partial charge in [0, 0.05) is 30.8 Å². The molecule has 1 unspecified atom stereocenters. The first kappa shape index (κ1) is 22.6. The number of carbonyl (C=O) groups is 2.